The number of benzene rings is 1. The predicted molar refractivity (Wildman–Crippen MR) is 73.1 cm³/mol. The monoisotopic (exact) mass is 286 g/mol. The minimum atomic E-state index is -4.28. The summed E-state index contributed by atoms with van der Waals surface area (Å²) in [6, 6.07) is 6.00. The van der Waals surface area contributed by atoms with Gasteiger partial charge >= 0.3 is 6.18 Å². The molecule has 1 heterocycles. The third-order valence-corrected chi connectivity index (χ3v) is 4.12. The first-order valence-corrected chi connectivity index (χ1v) is 7.05. The molecule has 2 nitrogen and oxygen atoms in total. The van der Waals surface area contributed by atoms with E-state index in [-0.39, 0.29) is 6.04 Å². The van der Waals surface area contributed by atoms with E-state index < -0.39 is 11.7 Å². The van der Waals surface area contributed by atoms with E-state index in [4.69, 9.17) is 5.73 Å². The molecule has 5 heteroatoms. The number of hydrogen-bond acceptors (Lipinski definition) is 2. The third-order valence-electron chi connectivity index (χ3n) is 4.12. The third kappa shape index (κ3) is 3.52. The molecule has 0 spiro atoms. The fourth-order valence-corrected chi connectivity index (χ4v) is 2.88. The smallest absolute Gasteiger partial charge is 0.327 e. The Morgan fingerprint density at radius 3 is 2.65 bits per heavy atom. The molecule has 2 unspecified atom stereocenters. The molecule has 1 aliphatic heterocycles. The van der Waals surface area contributed by atoms with E-state index in [1.54, 1.807) is 12.1 Å². The lowest BCUT2D eigenvalue weighted by Crippen LogP contribution is -2.46. The van der Waals surface area contributed by atoms with Crippen molar-refractivity contribution >= 4 is 0 Å². The Labute approximate surface area is 117 Å². The summed E-state index contributed by atoms with van der Waals surface area (Å²) in [5.74, 6) is 0.377. The Hall–Kier alpha value is -1.07. The van der Waals surface area contributed by atoms with Crippen molar-refractivity contribution < 1.29 is 13.2 Å². The summed E-state index contributed by atoms with van der Waals surface area (Å²) >= 11 is 0. The number of nitrogens with zero attached hydrogens (tertiary/aromatic N) is 1. The summed E-state index contributed by atoms with van der Waals surface area (Å²) in [6.45, 7) is 3.98. The quantitative estimate of drug-likeness (QED) is 0.924. The highest BCUT2D eigenvalue weighted by molar-refractivity contribution is 5.29. The van der Waals surface area contributed by atoms with E-state index in [9.17, 15) is 13.2 Å². The van der Waals surface area contributed by atoms with Gasteiger partial charge in [0, 0.05) is 19.1 Å². The summed E-state index contributed by atoms with van der Waals surface area (Å²) in [6.07, 6.45) is -2.46. The predicted octanol–water partition coefficient (Wildman–Crippen LogP) is 3.26. The van der Waals surface area contributed by atoms with Gasteiger partial charge in [0.1, 0.15) is 0 Å². The topological polar surface area (TPSA) is 29.3 Å². The average molecular weight is 286 g/mol. The molecule has 1 aliphatic rings. The van der Waals surface area contributed by atoms with Crippen molar-refractivity contribution in [3.8, 4) is 0 Å². The Morgan fingerprint density at radius 2 is 2.00 bits per heavy atom. The molecule has 2 atom stereocenters. The molecule has 0 amide bonds. The molecule has 2 rings (SSSR count). The zero-order chi connectivity index (χ0) is 14.8. The molecule has 1 saturated heterocycles. The summed E-state index contributed by atoms with van der Waals surface area (Å²) in [7, 11) is 0. The zero-order valence-corrected chi connectivity index (χ0v) is 11.7. The summed E-state index contributed by atoms with van der Waals surface area (Å²) in [4.78, 5) is 2.09. The van der Waals surface area contributed by atoms with Crippen LogP contribution in [0.15, 0.2) is 24.3 Å². The summed E-state index contributed by atoms with van der Waals surface area (Å²) in [5.41, 5.74) is 5.86. The molecule has 1 aromatic carbocycles. The fraction of sp³-hybridized carbons (Fsp3) is 0.600. The van der Waals surface area contributed by atoms with Crippen LogP contribution in [0.25, 0.3) is 0 Å². The highest BCUT2D eigenvalue weighted by atomic mass is 19.4. The van der Waals surface area contributed by atoms with Gasteiger partial charge < -0.3 is 5.73 Å². The van der Waals surface area contributed by atoms with Crippen molar-refractivity contribution in [1.82, 2.24) is 4.90 Å². The van der Waals surface area contributed by atoms with Crippen LogP contribution in [0.3, 0.4) is 0 Å². The second-order valence-electron chi connectivity index (χ2n) is 5.51. The van der Waals surface area contributed by atoms with Crippen LogP contribution in [-0.2, 0) is 12.7 Å². The SMILES string of the molecule is CCC1CN(Cc2ccccc2C(F)(F)F)CCC1N. The standard InChI is InChI=1S/C15H21F3N2/c1-2-11-9-20(8-7-14(11)19)10-12-5-3-4-6-13(12)15(16,17)18/h3-6,11,14H,2,7-10,19H2,1H3. The maximum Gasteiger partial charge on any atom is 0.416 e. The van der Waals surface area contributed by atoms with Gasteiger partial charge in [-0.15, -0.1) is 0 Å². The Bertz CT molecular complexity index is 445. The largest absolute Gasteiger partial charge is 0.416 e. The van der Waals surface area contributed by atoms with Crippen molar-refractivity contribution in [3.05, 3.63) is 35.4 Å². The van der Waals surface area contributed by atoms with Crippen LogP contribution >= 0.6 is 0 Å². The van der Waals surface area contributed by atoms with Crippen molar-refractivity contribution in [2.24, 2.45) is 11.7 Å². The molecule has 1 aromatic rings. The molecule has 0 aliphatic carbocycles. The highest BCUT2D eigenvalue weighted by Crippen LogP contribution is 2.33. The van der Waals surface area contributed by atoms with Crippen molar-refractivity contribution in [3.63, 3.8) is 0 Å². The summed E-state index contributed by atoms with van der Waals surface area (Å²) < 4.78 is 38.9. The van der Waals surface area contributed by atoms with Crippen molar-refractivity contribution in [2.75, 3.05) is 13.1 Å². The second-order valence-corrected chi connectivity index (χ2v) is 5.51. The lowest BCUT2D eigenvalue weighted by molar-refractivity contribution is -0.138. The van der Waals surface area contributed by atoms with Gasteiger partial charge in [-0.1, -0.05) is 31.5 Å². The number of halogens is 3. The van der Waals surface area contributed by atoms with Gasteiger partial charge in [0.25, 0.3) is 0 Å². The number of rotatable bonds is 3. The molecular formula is C15H21F3N2. The average Bonchev–Trinajstić information content (AvgIpc) is 2.40. The molecule has 0 bridgehead atoms. The van der Waals surface area contributed by atoms with Gasteiger partial charge in [-0.05, 0) is 30.5 Å². The molecular weight excluding hydrogens is 265 g/mol. The number of nitrogens with two attached hydrogens (primary N) is 1. The Kier molecular flexibility index (Phi) is 4.70. The van der Waals surface area contributed by atoms with Gasteiger partial charge in [0.15, 0.2) is 0 Å². The van der Waals surface area contributed by atoms with E-state index in [0.717, 1.165) is 32.0 Å². The summed E-state index contributed by atoms with van der Waals surface area (Å²) in [5, 5.41) is 0. The fourth-order valence-electron chi connectivity index (χ4n) is 2.88. The first-order chi connectivity index (χ1) is 9.41. The van der Waals surface area contributed by atoms with Crippen LogP contribution in [0.4, 0.5) is 13.2 Å². The Balaban J connectivity index is 2.11. The van der Waals surface area contributed by atoms with Gasteiger partial charge in [-0.25, -0.2) is 0 Å². The van der Waals surface area contributed by atoms with Gasteiger partial charge in [-0.3, -0.25) is 4.90 Å². The number of piperidine rings is 1. The van der Waals surface area contributed by atoms with Crippen LogP contribution in [0.2, 0.25) is 0 Å². The maximum atomic E-state index is 13.0. The molecule has 0 saturated carbocycles. The van der Waals surface area contributed by atoms with E-state index in [0.29, 0.717) is 18.0 Å². The normalized spacial score (nSPS) is 24.9. The van der Waals surface area contributed by atoms with Crippen LogP contribution in [0.1, 0.15) is 30.9 Å². The van der Waals surface area contributed by atoms with E-state index >= 15 is 0 Å². The molecule has 2 N–H and O–H groups in total. The molecule has 112 valence electrons. The van der Waals surface area contributed by atoms with Gasteiger partial charge in [-0.2, -0.15) is 13.2 Å². The van der Waals surface area contributed by atoms with Crippen LogP contribution in [-0.4, -0.2) is 24.0 Å². The highest BCUT2D eigenvalue weighted by Gasteiger charge is 2.34. The number of hydrogen-bond donors (Lipinski definition) is 1. The van der Waals surface area contributed by atoms with Crippen LogP contribution < -0.4 is 5.73 Å². The van der Waals surface area contributed by atoms with Crippen LogP contribution in [0.5, 0.6) is 0 Å². The molecule has 20 heavy (non-hydrogen) atoms. The second kappa shape index (κ2) is 6.14. The molecule has 0 radical (unpaired) electrons. The van der Waals surface area contributed by atoms with Crippen LogP contribution in [0, 0.1) is 5.92 Å². The first-order valence-electron chi connectivity index (χ1n) is 7.05. The Morgan fingerprint density at radius 1 is 1.30 bits per heavy atom. The van der Waals surface area contributed by atoms with E-state index in [2.05, 4.69) is 11.8 Å². The number of likely N-dealkylation sites (tertiary alicyclic amines) is 1. The lowest BCUT2D eigenvalue weighted by Gasteiger charge is -2.36. The minimum Gasteiger partial charge on any atom is -0.327 e. The lowest BCUT2D eigenvalue weighted by atomic mass is 9.90. The van der Waals surface area contributed by atoms with E-state index in [1.165, 1.54) is 6.07 Å². The number of alkyl halides is 3. The van der Waals surface area contributed by atoms with Crippen molar-refractivity contribution in [1.29, 1.82) is 0 Å². The van der Waals surface area contributed by atoms with Gasteiger partial charge in [0.2, 0.25) is 0 Å². The van der Waals surface area contributed by atoms with E-state index in [1.807, 2.05) is 0 Å². The minimum absolute atomic E-state index is 0.175. The molecule has 0 aromatic heterocycles. The van der Waals surface area contributed by atoms with Gasteiger partial charge in [0.05, 0.1) is 5.56 Å². The maximum absolute atomic E-state index is 13.0. The molecule has 1 fully saturated rings. The van der Waals surface area contributed by atoms with Crippen molar-refractivity contribution in [2.45, 2.75) is 38.5 Å². The zero-order valence-electron chi connectivity index (χ0n) is 11.7. The first kappa shape index (κ1) is 15.3.